The van der Waals surface area contributed by atoms with Crippen LogP contribution in [0.2, 0.25) is 0 Å². The zero-order valence-corrected chi connectivity index (χ0v) is 11.7. The van der Waals surface area contributed by atoms with Crippen molar-refractivity contribution in [3.8, 4) is 5.75 Å². The van der Waals surface area contributed by atoms with E-state index in [1.807, 2.05) is 13.0 Å². The Bertz CT molecular complexity index is 545. The topological polar surface area (TPSA) is 117 Å². The minimum Gasteiger partial charge on any atom is -0.495 e. The first-order chi connectivity index (χ1) is 9.92. The highest BCUT2D eigenvalue weighted by atomic mass is 16.5. The van der Waals surface area contributed by atoms with E-state index < -0.39 is 24.5 Å². The summed E-state index contributed by atoms with van der Waals surface area (Å²) < 4.78 is 5.10. The smallest absolute Gasteiger partial charge is 0.322 e. The third-order valence-corrected chi connectivity index (χ3v) is 2.45. The molecule has 4 N–H and O–H groups in total. The zero-order chi connectivity index (χ0) is 15.8. The van der Waals surface area contributed by atoms with Gasteiger partial charge in [0.2, 0.25) is 5.91 Å². The maximum atomic E-state index is 11.7. The number of aliphatic carboxylic acids is 1. The number of hydrogen-bond donors (Lipinski definition) is 4. The van der Waals surface area contributed by atoms with Gasteiger partial charge in [-0.2, -0.15) is 0 Å². The van der Waals surface area contributed by atoms with Crippen LogP contribution in [0.4, 0.5) is 10.5 Å². The lowest BCUT2D eigenvalue weighted by Crippen LogP contribution is -2.40. The van der Waals surface area contributed by atoms with Crippen LogP contribution in [0.5, 0.6) is 5.75 Å². The summed E-state index contributed by atoms with van der Waals surface area (Å²) >= 11 is 0. The van der Waals surface area contributed by atoms with Crippen LogP contribution in [0.1, 0.15) is 5.56 Å². The van der Waals surface area contributed by atoms with Crippen molar-refractivity contribution in [2.45, 2.75) is 6.92 Å². The number of carbonyl (C=O) groups is 3. The lowest BCUT2D eigenvalue weighted by molar-refractivity contribution is -0.137. The van der Waals surface area contributed by atoms with Crippen LogP contribution in [-0.2, 0) is 9.59 Å². The predicted octanol–water partition coefficient (Wildman–Crippen LogP) is 0.326. The number of anilines is 1. The quantitative estimate of drug-likeness (QED) is 0.603. The fourth-order valence-corrected chi connectivity index (χ4v) is 1.48. The van der Waals surface area contributed by atoms with Crippen LogP contribution in [0.15, 0.2) is 18.2 Å². The van der Waals surface area contributed by atoms with Crippen LogP contribution >= 0.6 is 0 Å². The molecule has 0 radical (unpaired) electrons. The third kappa shape index (κ3) is 5.81. The number of amides is 3. The molecule has 0 unspecified atom stereocenters. The first kappa shape index (κ1) is 16.3. The standard InChI is InChI=1S/C13H17N3O5/c1-8-3-4-10(21-2)9(5-8)16-13(20)15-6-11(17)14-7-12(18)19/h3-5H,6-7H2,1-2H3,(H,14,17)(H,18,19)(H2,15,16,20). The molecule has 0 bridgehead atoms. The number of nitrogens with one attached hydrogen (secondary N) is 3. The molecule has 0 aliphatic carbocycles. The fourth-order valence-electron chi connectivity index (χ4n) is 1.48. The molecule has 114 valence electrons. The van der Waals surface area contributed by atoms with Crippen LogP contribution in [-0.4, -0.2) is 43.2 Å². The van der Waals surface area contributed by atoms with Gasteiger partial charge in [0.05, 0.1) is 19.3 Å². The molecule has 0 aliphatic heterocycles. The lowest BCUT2D eigenvalue weighted by Gasteiger charge is -2.11. The Balaban J connectivity index is 2.49. The molecule has 8 heteroatoms. The maximum Gasteiger partial charge on any atom is 0.322 e. The first-order valence-corrected chi connectivity index (χ1v) is 6.10. The number of urea groups is 1. The summed E-state index contributed by atoms with van der Waals surface area (Å²) in [6.45, 7) is 1.04. The van der Waals surface area contributed by atoms with Crippen molar-refractivity contribution in [3.05, 3.63) is 23.8 Å². The molecule has 0 atom stereocenters. The van der Waals surface area contributed by atoms with Gasteiger partial charge in [-0.15, -0.1) is 0 Å². The molecule has 0 saturated heterocycles. The third-order valence-electron chi connectivity index (χ3n) is 2.45. The number of ether oxygens (including phenoxy) is 1. The Kier molecular flexibility index (Phi) is 5.99. The van der Waals surface area contributed by atoms with Gasteiger partial charge >= 0.3 is 12.0 Å². The molecular weight excluding hydrogens is 278 g/mol. The maximum absolute atomic E-state index is 11.7. The molecule has 0 heterocycles. The number of benzene rings is 1. The van der Waals surface area contributed by atoms with Gasteiger partial charge in [0, 0.05) is 0 Å². The number of aryl methyl sites for hydroxylation is 1. The molecular formula is C13H17N3O5. The van der Waals surface area contributed by atoms with Gasteiger partial charge in [-0.25, -0.2) is 4.79 Å². The van der Waals surface area contributed by atoms with Crippen LogP contribution < -0.4 is 20.7 Å². The van der Waals surface area contributed by atoms with Crippen molar-refractivity contribution in [3.63, 3.8) is 0 Å². The van der Waals surface area contributed by atoms with Crippen molar-refractivity contribution < 1.29 is 24.2 Å². The van der Waals surface area contributed by atoms with Crippen molar-refractivity contribution in [1.29, 1.82) is 0 Å². The number of rotatable bonds is 6. The van der Waals surface area contributed by atoms with E-state index in [0.29, 0.717) is 11.4 Å². The highest BCUT2D eigenvalue weighted by Gasteiger charge is 2.09. The number of carboxylic acids is 1. The van der Waals surface area contributed by atoms with Gasteiger partial charge in [0.1, 0.15) is 12.3 Å². The Labute approximate surface area is 121 Å². The van der Waals surface area contributed by atoms with Gasteiger partial charge in [0.25, 0.3) is 0 Å². The molecule has 0 fully saturated rings. The molecule has 1 aromatic carbocycles. The minimum absolute atomic E-state index is 0.326. The van der Waals surface area contributed by atoms with Gasteiger partial charge < -0.3 is 25.8 Å². The fraction of sp³-hybridized carbons (Fsp3) is 0.308. The normalized spacial score (nSPS) is 9.62. The summed E-state index contributed by atoms with van der Waals surface area (Å²) in [4.78, 5) is 33.2. The van der Waals surface area contributed by atoms with E-state index in [4.69, 9.17) is 9.84 Å². The average Bonchev–Trinajstić information content (AvgIpc) is 2.43. The van der Waals surface area contributed by atoms with Gasteiger partial charge in [-0.3, -0.25) is 9.59 Å². The van der Waals surface area contributed by atoms with E-state index >= 15 is 0 Å². The van der Waals surface area contributed by atoms with E-state index in [0.717, 1.165) is 5.56 Å². The summed E-state index contributed by atoms with van der Waals surface area (Å²) in [5, 5.41) is 15.4. The average molecular weight is 295 g/mol. The Morgan fingerprint density at radius 2 is 1.90 bits per heavy atom. The Hall–Kier alpha value is -2.77. The summed E-state index contributed by atoms with van der Waals surface area (Å²) in [6.07, 6.45) is 0. The second-order valence-electron chi connectivity index (χ2n) is 4.18. The largest absolute Gasteiger partial charge is 0.495 e. The summed E-state index contributed by atoms with van der Waals surface area (Å²) in [5.74, 6) is -1.26. The highest BCUT2D eigenvalue weighted by Crippen LogP contribution is 2.24. The molecule has 1 rings (SSSR count). The van der Waals surface area contributed by atoms with E-state index in [9.17, 15) is 14.4 Å². The van der Waals surface area contributed by atoms with Crippen molar-refractivity contribution in [1.82, 2.24) is 10.6 Å². The van der Waals surface area contributed by atoms with E-state index in [-0.39, 0.29) is 6.54 Å². The number of hydrogen-bond acceptors (Lipinski definition) is 4. The van der Waals surface area contributed by atoms with Gasteiger partial charge in [-0.1, -0.05) is 6.07 Å². The summed E-state index contributed by atoms with van der Waals surface area (Å²) in [6, 6.07) is 4.68. The van der Waals surface area contributed by atoms with Crippen molar-refractivity contribution in [2.75, 3.05) is 25.5 Å². The zero-order valence-electron chi connectivity index (χ0n) is 11.7. The van der Waals surface area contributed by atoms with E-state index in [1.165, 1.54) is 7.11 Å². The van der Waals surface area contributed by atoms with Crippen LogP contribution in [0.25, 0.3) is 0 Å². The van der Waals surface area contributed by atoms with Gasteiger partial charge in [0.15, 0.2) is 0 Å². The second kappa shape index (κ2) is 7.73. The summed E-state index contributed by atoms with van der Waals surface area (Å²) in [7, 11) is 1.48. The highest BCUT2D eigenvalue weighted by molar-refractivity contribution is 5.94. The Morgan fingerprint density at radius 1 is 1.19 bits per heavy atom. The van der Waals surface area contributed by atoms with E-state index in [1.54, 1.807) is 12.1 Å². The molecule has 0 saturated carbocycles. The number of methoxy groups -OCH3 is 1. The monoisotopic (exact) mass is 295 g/mol. The van der Waals surface area contributed by atoms with Crippen LogP contribution in [0, 0.1) is 6.92 Å². The molecule has 0 aliphatic rings. The van der Waals surface area contributed by atoms with Gasteiger partial charge in [-0.05, 0) is 24.6 Å². The molecule has 3 amide bonds. The summed E-state index contributed by atoms with van der Waals surface area (Å²) in [5.41, 5.74) is 1.41. The Morgan fingerprint density at radius 3 is 2.52 bits per heavy atom. The predicted molar refractivity (Wildman–Crippen MR) is 75.4 cm³/mol. The minimum atomic E-state index is -1.16. The molecule has 1 aromatic rings. The van der Waals surface area contributed by atoms with E-state index in [2.05, 4.69) is 16.0 Å². The molecule has 21 heavy (non-hydrogen) atoms. The molecule has 8 nitrogen and oxygen atoms in total. The molecule has 0 aromatic heterocycles. The number of carboxylic acid groups (broad SMARTS) is 1. The van der Waals surface area contributed by atoms with Crippen LogP contribution in [0.3, 0.4) is 0 Å². The lowest BCUT2D eigenvalue weighted by atomic mass is 10.2. The second-order valence-corrected chi connectivity index (χ2v) is 4.18. The van der Waals surface area contributed by atoms with Crippen molar-refractivity contribution in [2.24, 2.45) is 0 Å². The number of carbonyl (C=O) groups excluding carboxylic acids is 2. The SMILES string of the molecule is COc1ccc(C)cc1NC(=O)NCC(=O)NCC(=O)O. The molecule has 0 spiro atoms. The van der Waals surface area contributed by atoms with Crippen molar-refractivity contribution >= 4 is 23.6 Å². The first-order valence-electron chi connectivity index (χ1n) is 6.10.